The van der Waals surface area contributed by atoms with E-state index in [-0.39, 0.29) is 23.4 Å². The highest BCUT2D eigenvalue weighted by Gasteiger charge is 2.35. The van der Waals surface area contributed by atoms with Crippen LogP contribution in [0.25, 0.3) is 6.08 Å². The molecule has 1 fully saturated rings. The monoisotopic (exact) mass is 423 g/mol. The van der Waals surface area contributed by atoms with Gasteiger partial charge in [-0.3, -0.25) is 14.5 Å². The van der Waals surface area contributed by atoms with Crippen molar-refractivity contribution in [1.82, 2.24) is 4.90 Å². The van der Waals surface area contributed by atoms with E-state index < -0.39 is 0 Å². The van der Waals surface area contributed by atoms with Gasteiger partial charge in [-0.1, -0.05) is 35.9 Å². The highest BCUT2D eigenvalue weighted by atomic mass is 79.9. The maximum Gasteiger partial charge on any atom is 0.293 e. The predicted molar refractivity (Wildman–Crippen MR) is 98.8 cm³/mol. The fourth-order valence-electron chi connectivity index (χ4n) is 2.20. The summed E-state index contributed by atoms with van der Waals surface area (Å²) in [5.74, 6) is -0.243. The van der Waals surface area contributed by atoms with Gasteiger partial charge in [-0.15, -0.1) is 0 Å². The van der Waals surface area contributed by atoms with Crippen molar-refractivity contribution in [3.05, 3.63) is 68.0 Å². The number of nitrogens with zero attached hydrogens (tertiary/aromatic N) is 1. The first kappa shape index (κ1) is 17.1. The molecule has 24 heavy (non-hydrogen) atoms. The third-order valence-corrected chi connectivity index (χ3v) is 5.34. The summed E-state index contributed by atoms with van der Waals surface area (Å²) < 4.78 is 0.520. The number of halogens is 2. The van der Waals surface area contributed by atoms with Crippen LogP contribution in [-0.2, 0) is 11.3 Å². The summed E-state index contributed by atoms with van der Waals surface area (Å²) in [5, 5.41) is 9.70. The van der Waals surface area contributed by atoms with Crippen molar-refractivity contribution in [2.24, 2.45) is 0 Å². The van der Waals surface area contributed by atoms with Gasteiger partial charge in [0.15, 0.2) is 0 Å². The Morgan fingerprint density at radius 1 is 1.21 bits per heavy atom. The lowest BCUT2D eigenvalue weighted by molar-refractivity contribution is -0.123. The number of hydrogen-bond donors (Lipinski definition) is 1. The van der Waals surface area contributed by atoms with Crippen LogP contribution in [0.5, 0.6) is 5.75 Å². The van der Waals surface area contributed by atoms with Gasteiger partial charge in [-0.25, -0.2) is 0 Å². The van der Waals surface area contributed by atoms with Gasteiger partial charge < -0.3 is 5.11 Å². The van der Waals surface area contributed by atoms with Crippen LogP contribution in [0.1, 0.15) is 11.1 Å². The Morgan fingerprint density at radius 2 is 1.96 bits per heavy atom. The first-order valence-corrected chi connectivity index (χ1v) is 8.92. The summed E-state index contributed by atoms with van der Waals surface area (Å²) in [6.07, 6.45) is 1.63. The van der Waals surface area contributed by atoms with E-state index in [0.717, 1.165) is 17.3 Å². The van der Waals surface area contributed by atoms with Crippen LogP contribution in [0.2, 0.25) is 5.02 Å². The number of aromatic hydroxyl groups is 1. The number of amides is 2. The molecule has 122 valence electrons. The van der Waals surface area contributed by atoms with Gasteiger partial charge in [0.2, 0.25) is 0 Å². The molecule has 7 heteroatoms. The Morgan fingerprint density at radius 3 is 2.67 bits per heavy atom. The molecule has 2 aromatic carbocycles. The SMILES string of the molecule is O=C1SC(=Cc2ccc(O)c(Br)c2)C(=O)N1Cc1ccccc1Cl. The third-order valence-electron chi connectivity index (χ3n) is 3.43. The maximum atomic E-state index is 12.5. The number of phenols is 1. The van der Waals surface area contributed by atoms with Crippen LogP contribution in [0.4, 0.5) is 4.79 Å². The summed E-state index contributed by atoms with van der Waals surface area (Å²) in [6.45, 7) is 0.140. The largest absolute Gasteiger partial charge is 0.507 e. The molecule has 2 aromatic rings. The second-order valence-corrected chi connectivity index (χ2v) is 7.32. The highest BCUT2D eigenvalue weighted by Crippen LogP contribution is 2.35. The number of carbonyl (C=O) groups is 2. The Labute approximate surface area is 156 Å². The number of thioether (sulfide) groups is 1. The molecule has 0 saturated carbocycles. The van der Waals surface area contributed by atoms with Crippen LogP contribution in [0.3, 0.4) is 0 Å². The summed E-state index contributed by atoms with van der Waals surface area (Å²) in [4.78, 5) is 26.2. The van der Waals surface area contributed by atoms with Crippen LogP contribution in [0, 0.1) is 0 Å². The van der Waals surface area contributed by atoms with E-state index in [1.807, 2.05) is 6.07 Å². The molecule has 3 rings (SSSR count). The van der Waals surface area contributed by atoms with Crippen LogP contribution in [0.15, 0.2) is 51.8 Å². The molecule has 1 heterocycles. The molecule has 2 amide bonds. The summed E-state index contributed by atoms with van der Waals surface area (Å²) in [7, 11) is 0. The molecule has 1 N–H and O–H groups in total. The highest BCUT2D eigenvalue weighted by molar-refractivity contribution is 9.10. The molecule has 0 spiro atoms. The van der Waals surface area contributed by atoms with Crippen molar-refractivity contribution in [1.29, 1.82) is 0 Å². The summed E-state index contributed by atoms with van der Waals surface area (Å²) in [6, 6.07) is 12.0. The van der Waals surface area contributed by atoms with E-state index in [4.69, 9.17) is 11.6 Å². The average molecular weight is 425 g/mol. The number of benzene rings is 2. The maximum absolute atomic E-state index is 12.5. The lowest BCUT2D eigenvalue weighted by Gasteiger charge is -2.13. The minimum absolute atomic E-state index is 0.110. The van der Waals surface area contributed by atoms with Crippen molar-refractivity contribution in [2.45, 2.75) is 6.54 Å². The smallest absolute Gasteiger partial charge is 0.293 e. The molecule has 0 bridgehead atoms. The molecule has 0 radical (unpaired) electrons. The number of carbonyl (C=O) groups excluding carboxylic acids is 2. The zero-order valence-corrected chi connectivity index (χ0v) is 15.4. The van der Waals surface area contributed by atoms with Gasteiger partial charge in [0, 0.05) is 5.02 Å². The number of imide groups is 1. The Kier molecular flexibility index (Phi) is 4.99. The molecule has 1 aliphatic rings. The molecule has 0 aromatic heterocycles. The van der Waals surface area contributed by atoms with Crippen molar-refractivity contribution < 1.29 is 14.7 Å². The van der Waals surface area contributed by atoms with Crippen molar-refractivity contribution >= 4 is 56.5 Å². The standard InChI is InChI=1S/C17H11BrClNO3S/c18-12-7-10(5-6-14(12)21)8-15-16(22)20(17(23)24-15)9-11-3-1-2-4-13(11)19/h1-8,21H,9H2. The van der Waals surface area contributed by atoms with E-state index >= 15 is 0 Å². The minimum Gasteiger partial charge on any atom is -0.507 e. The van der Waals surface area contributed by atoms with Gasteiger partial charge in [0.1, 0.15) is 5.75 Å². The molecule has 0 unspecified atom stereocenters. The fraction of sp³-hybridized carbons (Fsp3) is 0.0588. The fourth-order valence-corrected chi connectivity index (χ4v) is 3.63. The lowest BCUT2D eigenvalue weighted by atomic mass is 10.2. The first-order chi connectivity index (χ1) is 11.5. The van der Waals surface area contributed by atoms with Crippen molar-refractivity contribution in [3.63, 3.8) is 0 Å². The Hall–Kier alpha value is -1.76. The predicted octanol–water partition coefficient (Wildman–Crippen LogP) is 5.04. The van der Waals surface area contributed by atoms with Crippen LogP contribution in [-0.4, -0.2) is 21.2 Å². The minimum atomic E-state index is -0.353. The topological polar surface area (TPSA) is 57.6 Å². The van der Waals surface area contributed by atoms with Gasteiger partial charge in [0.25, 0.3) is 11.1 Å². The van der Waals surface area contributed by atoms with E-state index in [2.05, 4.69) is 15.9 Å². The van der Waals surface area contributed by atoms with E-state index in [0.29, 0.717) is 20.0 Å². The van der Waals surface area contributed by atoms with Crippen molar-refractivity contribution in [3.8, 4) is 5.75 Å². The van der Waals surface area contributed by atoms with Crippen molar-refractivity contribution in [2.75, 3.05) is 0 Å². The van der Waals surface area contributed by atoms with E-state index in [1.165, 1.54) is 11.0 Å². The molecule has 4 nitrogen and oxygen atoms in total. The number of phenolic OH excluding ortho intramolecular Hbond substituents is 1. The normalized spacial score (nSPS) is 16.2. The van der Waals surface area contributed by atoms with Crippen LogP contribution >= 0.6 is 39.3 Å². The molecule has 1 saturated heterocycles. The quantitative estimate of drug-likeness (QED) is 0.701. The lowest BCUT2D eigenvalue weighted by Crippen LogP contribution is -2.27. The van der Waals surface area contributed by atoms with Gasteiger partial charge in [-0.05, 0) is 63.1 Å². The van der Waals surface area contributed by atoms with Crippen LogP contribution < -0.4 is 0 Å². The summed E-state index contributed by atoms with van der Waals surface area (Å²) in [5.41, 5.74) is 1.43. The Balaban J connectivity index is 1.84. The second kappa shape index (κ2) is 7.01. The van der Waals surface area contributed by atoms with Gasteiger partial charge in [0.05, 0.1) is 15.9 Å². The number of rotatable bonds is 3. The average Bonchev–Trinajstić information content (AvgIpc) is 2.80. The zero-order chi connectivity index (χ0) is 17.3. The second-order valence-electron chi connectivity index (χ2n) is 5.07. The number of hydrogen-bond acceptors (Lipinski definition) is 4. The van der Waals surface area contributed by atoms with Gasteiger partial charge in [-0.2, -0.15) is 0 Å². The third kappa shape index (κ3) is 3.50. The zero-order valence-electron chi connectivity index (χ0n) is 12.2. The molecule has 0 atom stereocenters. The molecular weight excluding hydrogens is 414 g/mol. The molecule has 0 aliphatic carbocycles. The summed E-state index contributed by atoms with van der Waals surface area (Å²) >= 11 is 10.2. The van der Waals surface area contributed by atoms with E-state index in [9.17, 15) is 14.7 Å². The van der Waals surface area contributed by atoms with E-state index in [1.54, 1.807) is 36.4 Å². The molecular formula is C17H11BrClNO3S. The molecule has 1 aliphatic heterocycles. The Bertz CT molecular complexity index is 869. The van der Waals surface area contributed by atoms with Gasteiger partial charge >= 0.3 is 0 Å². The first-order valence-electron chi connectivity index (χ1n) is 6.93.